The molecule has 6 nitrogen and oxygen atoms in total. The number of rotatable bonds is 7. The van der Waals surface area contributed by atoms with E-state index < -0.39 is 0 Å². The number of para-hydroxylation sites is 1. The summed E-state index contributed by atoms with van der Waals surface area (Å²) in [7, 11) is 5.34. The summed E-state index contributed by atoms with van der Waals surface area (Å²) in [6.07, 6.45) is 1.94. The van der Waals surface area contributed by atoms with Crippen molar-refractivity contribution in [3.8, 4) is 0 Å². The normalized spacial score (nSPS) is 14.3. The third kappa shape index (κ3) is 5.32. The Labute approximate surface area is 180 Å². The lowest BCUT2D eigenvalue weighted by molar-refractivity contribution is 0.0827. The Balaban J connectivity index is 1.47. The first-order valence-corrected chi connectivity index (χ1v) is 10.6. The van der Waals surface area contributed by atoms with E-state index in [1.54, 1.807) is 26.0 Å². The Kier molecular flexibility index (Phi) is 7.33. The van der Waals surface area contributed by atoms with Crippen LogP contribution in [0.15, 0.2) is 53.5 Å². The summed E-state index contributed by atoms with van der Waals surface area (Å²) >= 11 is 0. The van der Waals surface area contributed by atoms with E-state index in [1.807, 2.05) is 18.2 Å². The average Bonchev–Trinajstić information content (AvgIpc) is 3.19. The standard InChI is InChI=1S/C24H33N5O/c1-18(29-15-13-20-9-5-6-11-22(20)29)17-27-24(25-2)26-14-12-19-8-7-10-21(16-19)23(30)28(3)4/h5-11,16,18H,12-15,17H2,1-4H3,(H2,25,26,27). The molecule has 0 saturated carbocycles. The van der Waals surface area contributed by atoms with Gasteiger partial charge in [0, 0.05) is 58.1 Å². The number of carbonyl (C=O) groups is 1. The number of nitrogens with one attached hydrogen (secondary N) is 2. The molecule has 3 rings (SSSR count). The third-order valence-corrected chi connectivity index (χ3v) is 5.53. The van der Waals surface area contributed by atoms with E-state index in [9.17, 15) is 4.79 Å². The molecule has 1 amide bonds. The van der Waals surface area contributed by atoms with Gasteiger partial charge in [0.15, 0.2) is 5.96 Å². The van der Waals surface area contributed by atoms with E-state index in [2.05, 4.69) is 57.8 Å². The van der Waals surface area contributed by atoms with Crippen LogP contribution in [0.2, 0.25) is 0 Å². The van der Waals surface area contributed by atoms with Crippen LogP contribution in [0.3, 0.4) is 0 Å². The topological polar surface area (TPSA) is 60.0 Å². The Morgan fingerprint density at radius 1 is 1.17 bits per heavy atom. The predicted molar refractivity (Wildman–Crippen MR) is 124 cm³/mol. The minimum Gasteiger partial charge on any atom is -0.366 e. The zero-order valence-corrected chi connectivity index (χ0v) is 18.5. The van der Waals surface area contributed by atoms with Gasteiger partial charge in [0.1, 0.15) is 0 Å². The van der Waals surface area contributed by atoms with Gasteiger partial charge in [0.25, 0.3) is 5.91 Å². The first-order chi connectivity index (χ1) is 14.5. The molecule has 30 heavy (non-hydrogen) atoms. The number of amides is 1. The molecule has 1 unspecified atom stereocenters. The monoisotopic (exact) mass is 407 g/mol. The van der Waals surface area contributed by atoms with Crippen molar-refractivity contribution in [1.29, 1.82) is 0 Å². The number of nitrogens with zero attached hydrogens (tertiary/aromatic N) is 3. The minimum atomic E-state index is 0.0276. The van der Waals surface area contributed by atoms with E-state index in [-0.39, 0.29) is 5.91 Å². The van der Waals surface area contributed by atoms with Crippen LogP contribution in [0.25, 0.3) is 0 Å². The minimum absolute atomic E-state index is 0.0276. The lowest BCUT2D eigenvalue weighted by Gasteiger charge is -2.28. The molecule has 0 bridgehead atoms. The van der Waals surface area contributed by atoms with Gasteiger partial charge in [-0.15, -0.1) is 0 Å². The molecule has 160 valence electrons. The molecule has 2 aromatic rings. The quantitative estimate of drug-likeness (QED) is 0.547. The largest absolute Gasteiger partial charge is 0.366 e. The van der Waals surface area contributed by atoms with Crippen molar-refractivity contribution in [3.05, 3.63) is 65.2 Å². The highest BCUT2D eigenvalue weighted by atomic mass is 16.2. The van der Waals surface area contributed by atoms with Gasteiger partial charge in [0.05, 0.1) is 0 Å². The number of benzene rings is 2. The number of carbonyl (C=O) groups excluding carboxylic acids is 1. The van der Waals surface area contributed by atoms with Gasteiger partial charge in [-0.1, -0.05) is 30.3 Å². The molecule has 0 fully saturated rings. The van der Waals surface area contributed by atoms with E-state index in [1.165, 1.54) is 11.3 Å². The van der Waals surface area contributed by atoms with E-state index in [4.69, 9.17) is 0 Å². The molecule has 0 saturated heterocycles. The maximum atomic E-state index is 12.1. The smallest absolute Gasteiger partial charge is 0.253 e. The van der Waals surface area contributed by atoms with E-state index in [0.29, 0.717) is 6.04 Å². The second-order valence-electron chi connectivity index (χ2n) is 7.95. The van der Waals surface area contributed by atoms with Crippen molar-refractivity contribution in [1.82, 2.24) is 15.5 Å². The number of hydrogen-bond donors (Lipinski definition) is 2. The van der Waals surface area contributed by atoms with Gasteiger partial charge >= 0.3 is 0 Å². The van der Waals surface area contributed by atoms with Crippen LogP contribution >= 0.6 is 0 Å². The third-order valence-electron chi connectivity index (χ3n) is 5.53. The van der Waals surface area contributed by atoms with E-state index >= 15 is 0 Å². The molecule has 2 aromatic carbocycles. The van der Waals surface area contributed by atoms with Crippen LogP contribution in [0.1, 0.15) is 28.4 Å². The van der Waals surface area contributed by atoms with Gasteiger partial charge in [-0.25, -0.2) is 0 Å². The number of hydrogen-bond acceptors (Lipinski definition) is 3. The van der Waals surface area contributed by atoms with Crippen molar-refractivity contribution >= 4 is 17.6 Å². The molecule has 0 aliphatic carbocycles. The molecule has 2 N–H and O–H groups in total. The van der Waals surface area contributed by atoms with Crippen molar-refractivity contribution in [2.75, 3.05) is 45.7 Å². The fraction of sp³-hybridized carbons (Fsp3) is 0.417. The number of aliphatic imine (C=N–C) groups is 1. The molecule has 0 spiro atoms. The summed E-state index contributed by atoms with van der Waals surface area (Å²) in [6.45, 7) is 4.88. The van der Waals surface area contributed by atoms with Crippen LogP contribution in [-0.4, -0.2) is 63.6 Å². The zero-order valence-electron chi connectivity index (χ0n) is 18.5. The molecular weight excluding hydrogens is 374 g/mol. The highest BCUT2D eigenvalue weighted by Gasteiger charge is 2.22. The Hall–Kier alpha value is -3.02. The number of guanidine groups is 1. The molecular formula is C24H33N5O. The Morgan fingerprint density at radius 2 is 1.97 bits per heavy atom. The predicted octanol–water partition coefficient (Wildman–Crippen LogP) is 2.55. The fourth-order valence-electron chi connectivity index (χ4n) is 3.84. The molecule has 0 aromatic heterocycles. The molecule has 1 heterocycles. The SMILES string of the molecule is CN=C(NCCc1cccc(C(=O)N(C)C)c1)NCC(C)N1CCc2ccccc21. The van der Waals surface area contributed by atoms with Crippen LogP contribution < -0.4 is 15.5 Å². The number of fused-ring (bicyclic) bond motifs is 1. The van der Waals surface area contributed by atoms with Crippen molar-refractivity contribution < 1.29 is 4.79 Å². The van der Waals surface area contributed by atoms with Gasteiger partial charge in [-0.05, 0) is 49.1 Å². The highest BCUT2D eigenvalue weighted by molar-refractivity contribution is 5.94. The molecule has 1 aliphatic rings. The van der Waals surface area contributed by atoms with Gasteiger partial charge in [0.2, 0.25) is 0 Å². The molecule has 0 radical (unpaired) electrons. The van der Waals surface area contributed by atoms with Crippen LogP contribution in [-0.2, 0) is 12.8 Å². The summed E-state index contributed by atoms with van der Waals surface area (Å²) in [5.74, 6) is 0.828. The Bertz CT molecular complexity index is 893. The second kappa shape index (κ2) is 10.1. The van der Waals surface area contributed by atoms with Gasteiger partial charge < -0.3 is 20.4 Å². The number of anilines is 1. The van der Waals surface area contributed by atoms with Crippen LogP contribution in [0.4, 0.5) is 5.69 Å². The first kappa shape index (κ1) is 21.7. The highest BCUT2D eigenvalue weighted by Crippen LogP contribution is 2.28. The molecule has 6 heteroatoms. The maximum Gasteiger partial charge on any atom is 0.253 e. The molecule has 1 aliphatic heterocycles. The molecule has 1 atom stereocenters. The van der Waals surface area contributed by atoms with Crippen LogP contribution in [0.5, 0.6) is 0 Å². The van der Waals surface area contributed by atoms with E-state index in [0.717, 1.165) is 49.6 Å². The maximum absolute atomic E-state index is 12.1. The lowest BCUT2D eigenvalue weighted by atomic mass is 10.1. The van der Waals surface area contributed by atoms with Crippen molar-refractivity contribution in [2.45, 2.75) is 25.8 Å². The van der Waals surface area contributed by atoms with Gasteiger partial charge in [-0.2, -0.15) is 0 Å². The first-order valence-electron chi connectivity index (χ1n) is 10.6. The van der Waals surface area contributed by atoms with Crippen molar-refractivity contribution in [2.24, 2.45) is 4.99 Å². The average molecular weight is 408 g/mol. The van der Waals surface area contributed by atoms with Crippen LogP contribution in [0, 0.1) is 0 Å². The summed E-state index contributed by atoms with van der Waals surface area (Å²) in [5, 5.41) is 6.82. The summed E-state index contributed by atoms with van der Waals surface area (Å²) in [5.41, 5.74) is 4.64. The lowest BCUT2D eigenvalue weighted by Crippen LogP contribution is -2.46. The zero-order chi connectivity index (χ0) is 21.5. The van der Waals surface area contributed by atoms with Gasteiger partial charge in [-0.3, -0.25) is 9.79 Å². The fourth-order valence-corrected chi connectivity index (χ4v) is 3.84. The second-order valence-corrected chi connectivity index (χ2v) is 7.95. The van der Waals surface area contributed by atoms with Crippen molar-refractivity contribution in [3.63, 3.8) is 0 Å². The summed E-state index contributed by atoms with van der Waals surface area (Å²) < 4.78 is 0. The summed E-state index contributed by atoms with van der Waals surface area (Å²) in [6, 6.07) is 16.8. The summed E-state index contributed by atoms with van der Waals surface area (Å²) in [4.78, 5) is 20.5. The Morgan fingerprint density at radius 3 is 2.73 bits per heavy atom.